The number of likely N-dealkylation sites (tertiary alicyclic amines) is 1. The van der Waals surface area contributed by atoms with Gasteiger partial charge in [0.25, 0.3) is 0 Å². The van der Waals surface area contributed by atoms with Gasteiger partial charge in [-0.3, -0.25) is 14.6 Å². The molecule has 22 heavy (non-hydrogen) atoms. The third-order valence-corrected chi connectivity index (χ3v) is 4.75. The number of hydrogen-bond donors (Lipinski definition) is 1. The molecule has 124 valence electrons. The van der Waals surface area contributed by atoms with E-state index in [1.807, 2.05) is 30.1 Å². The van der Waals surface area contributed by atoms with Crippen LogP contribution in [0.5, 0.6) is 0 Å². The lowest BCUT2D eigenvalue weighted by Crippen LogP contribution is -2.45. The molecule has 1 heterocycles. The number of likely N-dealkylation sites (N-methyl/N-ethyl adjacent to an activating group) is 1. The van der Waals surface area contributed by atoms with Crippen molar-refractivity contribution in [1.29, 1.82) is 0 Å². The van der Waals surface area contributed by atoms with Gasteiger partial charge in [-0.05, 0) is 38.4 Å². The van der Waals surface area contributed by atoms with E-state index in [0.29, 0.717) is 12.1 Å². The number of rotatable bonds is 5. The molecular weight excluding hydrogens is 323 g/mol. The van der Waals surface area contributed by atoms with Crippen LogP contribution in [0.4, 0.5) is 0 Å². The van der Waals surface area contributed by atoms with Gasteiger partial charge in [0.1, 0.15) is 0 Å². The van der Waals surface area contributed by atoms with E-state index in [-0.39, 0.29) is 19.0 Å². The van der Waals surface area contributed by atoms with Gasteiger partial charge in [0.2, 0.25) is 0 Å². The summed E-state index contributed by atoms with van der Waals surface area (Å²) < 4.78 is 0. The molecule has 0 bridgehead atoms. The first-order valence-corrected chi connectivity index (χ1v) is 7.77. The number of nitrogens with zero attached hydrogens (tertiary/aromatic N) is 2. The van der Waals surface area contributed by atoms with Gasteiger partial charge in [-0.15, -0.1) is 12.4 Å². The summed E-state index contributed by atoms with van der Waals surface area (Å²) in [5, 5.41) is 9.68. The average molecular weight is 347 g/mol. The lowest BCUT2D eigenvalue weighted by Gasteiger charge is -2.39. The van der Waals surface area contributed by atoms with Crippen LogP contribution in [0.15, 0.2) is 24.3 Å². The molecule has 0 saturated carbocycles. The molecule has 1 aliphatic heterocycles. The van der Waals surface area contributed by atoms with Gasteiger partial charge in [0, 0.05) is 30.2 Å². The van der Waals surface area contributed by atoms with Crippen LogP contribution in [0.2, 0.25) is 5.02 Å². The molecule has 1 fully saturated rings. The van der Waals surface area contributed by atoms with E-state index in [1.165, 1.54) is 0 Å². The summed E-state index contributed by atoms with van der Waals surface area (Å²) in [5.41, 5.74) is 1.16. The lowest BCUT2D eigenvalue weighted by molar-refractivity contribution is -0.138. The summed E-state index contributed by atoms with van der Waals surface area (Å²) in [6, 6.07) is 8.63. The number of piperidine rings is 1. The second-order valence-corrected chi connectivity index (χ2v) is 6.18. The molecule has 1 aromatic carbocycles. The van der Waals surface area contributed by atoms with Crippen molar-refractivity contribution in [2.75, 3.05) is 26.7 Å². The zero-order chi connectivity index (χ0) is 15.4. The Kier molecular flexibility index (Phi) is 7.63. The predicted octanol–water partition coefficient (Wildman–Crippen LogP) is 3.30. The highest BCUT2D eigenvalue weighted by molar-refractivity contribution is 6.31. The minimum atomic E-state index is -0.760. The van der Waals surface area contributed by atoms with Crippen LogP contribution in [0.25, 0.3) is 0 Å². The molecule has 0 amide bonds. The molecule has 0 aliphatic carbocycles. The van der Waals surface area contributed by atoms with Crippen molar-refractivity contribution < 1.29 is 9.90 Å². The van der Waals surface area contributed by atoms with Crippen LogP contribution in [0.1, 0.15) is 31.4 Å². The average Bonchev–Trinajstić information content (AvgIpc) is 2.46. The van der Waals surface area contributed by atoms with Gasteiger partial charge in [-0.25, -0.2) is 0 Å². The Balaban J connectivity index is 0.00000242. The number of hydrogen-bond acceptors (Lipinski definition) is 3. The topological polar surface area (TPSA) is 43.8 Å². The van der Waals surface area contributed by atoms with Crippen molar-refractivity contribution in [3.63, 3.8) is 0 Å². The quantitative estimate of drug-likeness (QED) is 0.888. The maximum atomic E-state index is 10.8. The Morgan fingerprint density at radius 3 is 2.55 bits per heavy atom. The minimum absolute atomic E-state index is 0. The number of carbonyl (C=O) groups is 1. The van der Waals surface area contributed by atoms with Crippen LogP contribution in [0.3, 0.4) is 0 Å². The van der Waals surface area contributed by atoms with E-state index in [0.717, 1.165) is 36.5 Å². The highest BCUT2D eigenvalue weighted by Crippen LogP contribution is 2.29. The largest absolute Gasteiger partial charge is 0.480 e. The fourth-order valence-corrected chi connectivity index (χ4v) is 3.36. The highest BCUT2D eigenvalue weighted by atomic mass is 35.5. The third kappa shape index (κ3) is 4.85. The Hall–Kier alpha value is -0.810. The zero-order valence-electron chi connectivity index (χ0n) is 13.0. The summed E-state index contributed by atoms with van der Waals surface area (Å²) in [7, 11) is 1.89. The fourth-order valence-electron chi connectivity index (χ4n) is 3.07. The van der Waals surface area contributed by atoms with Gasteiger partial charge in [0.05, 0.1) is 6.54 Å². The fraction of sp³-hybridized carbons (Fsp3) is 0.562. The van der Waals surface area contributed by atoms with Gasteiger partial charge < -0.3 is 5.11 Å². The van der Waals surface area contributed by atoms with Gasteiger partial charge in [0.15, 0.2) is 0 Å². The molecule has 0 radical (unpaired) electrons. The van der Waals surface area contributed by atoms with Crippen LogP contribution in [-0.2, 0) is 4.79 Å². The molecule has 1 unspecified atom stereocenters. The SMILES string of the molecule is CC(c1ccccc1Cl)N1CCC(N(C)CC(=O)O)CC1.Cl. The Morgan fingerprint density at radius 2 is 2.00 bits per heavy atom. The highest BCUT2D eigenvalue weighted by Gasteiger charge is 2.27. The van der Waals surface area contributed by atoms with Crippen LogP contribution < -0.4 is 0 Å². The Labute approximate surface area is 143 Å². The summed E-state index contributed by atoms with van der Waals surface area (Å²) in [6.45, 7) is 4.25. The number of aliphatic carboxylic acids is 1. The molecule has 2 rings (SSSR count). The van der Waals surface area contributed by atoms with Crippen molar-refractivity contribution in [3.05, 3.63) is 34.9 Å². The van der Waals surface area contributed by atoms with Crippen molar-refractivity contribution in [2.45, 2.75) is 31.8 Å². The third-order valence-electron chi connectivity index (χ3n) is 4.41. The van der Waals surface area contributed by atoms with E-state index in [9.17, 15) is 4.79 Å². The molecule has 0 aromatic heterocycles. The first kappa shape index (κ1) is 19.2. The zero-order valence-corrected chi connectivity index (χ0v) is 14.6. The lowest BCUT2D eigenvalue weighted by atomic mass is 9.99. The molecule has 1 atom stereocenters. The van der Waals surface area contributed by atoms with Crippen molar-refractivity contribution >= 4 is 30.0 Å². The van der Waals surface area contributed by atoms with E-state index in [4.69, 9.17) is 16.7 Å². The second-order valence-electron chi connectivity index (χ2n) is 5.77. The van der Waals surface area contributed by atoms with Crippen molar-refractivity contribution in [2.24, 2.45) is 0 Å². The smallest absolute Gasteiger partial charge is 0.317 e. The first-order chi connectivity index (χ1) is 9.99. The van der Waals surface area contributed by atoms with Crippen LogP contribution in [0, 0.1) is 0 Å². The maximum Gasteiger partial charge on any atom is 0.317 e. The van der Waals surface area contributed by atoms with Crippen molar-refractivity contribution in [1.82, 2.24) is 9.80 Å². The van der Waals surface area contributed by atoms with E-state index in [1.54, 1.807) is 0 Å². The van der Waals surface area contributed by atoms with E-state index < -0.39 is 5.97 Å². The summed E-state index contributed by atoms with van der Waals surface area (Å²) in [4.78, 5) is 15.1. The number of carboxylic acid groups (broad SMARTS) is 1. The van der Waals surface area contributed by atoms with Crippen LogP contribution in [-0.4, -0.2) is 53.6 Å². The standard InChI is InChI=1S/C16H23ClN2O2.ClH/c1-12(14-5-3-4-6-15(14)17)19-9-7-13(8-10-19)18(2)11-16(20)21;/h3-6,12-13H,7-11H2,1-2H3,(H,20,21);1H. The maximum absolute atomic E-state index is 10.8. The molecular formula is C16H24Cl2N2O2. The molecule has 4 nitrogen and oxygen atoms in total. The summed E-state index contributed by atoms with van der Waals surface area (Å²) in [6.07, 6.45) is 2.00. The second kappa shape index (κ2) is 8.73. The minimum Gasteiger partial charge on any atom is -0.480 e. The monoisotopic (exact) mass is 346 g/mol. The number of benzene rings is 1. The Morgan fingerprint density at radius 1 is 1.41 bits per heavy atom. The summed E-state index contributed by atoms with van der Waals surface area (Å²) in [5.74, 6) is -0.760. The van der Waals surface area contributed by atoms with Gasteiger partial charge in [-0.1, -0.05) is 29.8 Å². The van der Waals surface area contributed by atoms with Gasteiger partial charge in [-0.2, -0.15) is 0 Å². The normalized spacial score (nSPS) is 18.0. The van der Waals surface area contributed by atoms with Gasteiger partial charge >= 0.3 is 5.97 Å². The van der Waals surface area contributed by atoms with E-state index in [2.05, 4.69) is 17.9 Å². The number of carboxylic acids is 1. The predicted molar refractivity (Wildman–Crippen MR) is 92.0 cm³/mol. The Bertz CT molecular complexity index is 491. The molecule has 1 aromatic rings. The molecule has 1 N–H and O–H groups in total. The number of halogens is 2. The van der Waals surface area contributed by atoms with E-state index >= 15 is 0 Å². The van der Waals surface area contributed by atoms with Crippen molar-refractivity contribution in [3.8, 4) is 0 Å². The first-order valence-electron chi connectivity index (χ1n) is 7.39. The molecule has 0 spiro atoms. The molecule has 1 aliphatic rings. The van der Waals surface area contributed by atoms with Crippen LogP contribution >= 0.6 is 24.0 Å². The summed E-state index contributed by atoms with van der Waals surface area (Å²) >= 11 is 6.27. The molecule has 1 saturated heterocycles. The molecule has 6 heteroatoms.